The molecule has 0 spiro atoms. The molecule has 3 saturated heterocycles. The van der Waals surface area contributed by atoms with Crippen molar-refractivity contribution >= 4 is 51.9 Å². The highest BCUT2D eigenvalue weighted by Gasteiger charge is 2.55. The number of ether oxygens (including phenoxy) is 10. The molecule has 0 bridgehead atoms. The van der Waals surface area contributed by atoms with Crippen molar-refractivity contribution in [1.82, 2.24) is 9.47 Å². The molecule has 1 aromatic heterocycles. The van der Waals surface area contributed by atoms with E-state index in [1.165, 1.54) is 34.3 Å². The fourth-order valence-corrected chi connectivity index (χ4v) is 12.3. The molecule has 81 heavy (non-hydrogen) atoms. The summed E-state index contributed by atoms with van der Waals surface area (Å²) in [6, 6.07) is 3.02. The SMILES string of the molecule is CC[C@H]1OC(=O)[C@H](C)[C@@H](O[C@H]2C[C@@](C)(OC)[C@@H](OC(=O)CCOCCOCCNc3cc4c(=O)c(C(=O)O)cn(C5CC5)c4cc3Cl)[C@H](C)O2)[C@H](C)[C@@H](O[C@@H]2O[C@H](C)C[C@H](N(C)C)[C@H]2O)[C@](C)(OC)C[C@@H](C)C(=O)[C@H](C)[C@@H](O)[C@]1(C)O. The van der Waals surface area contributed by atoms with E-state index in [2.05, 4.69) is 5.32 Å². The number of aromatic carboxylic acids is 1. The van der Waals surface area contributed by atoms with Gasteiger partial charge in [0.1, 0.15) is 34.8 Å². The number of carbonyl (C=O) groups excluding carboxylic acids is 3. The molecule has 4 aliphatic rings. The van der Waals surface area contributed by atoms with Crippen LogP contribution in [0.15, 0.2) is 23.1 Å². The van der Waals surface area contributed by atoms with Gasteiger partial charge in [0.25, 0.3) is 0 Å². The second-order valence-electron chi connectivity index (χ2n) is 23.7. The fourth-order valence-electron chi connectivity index (χ4n) is 12.0. The maximum Gasteiger partial charge on any atom is 0.341 e. The minimum Gasteiger partial charge on any atom is -0.477 e. The van der Waals surface area contributed by atoms with Gasteiger partial charge in [-0.1, -0.05) is 39.3 Å². The van der Waals surface area contributed by atoms with Gasteiger partial charge in [-0.05, 0) is 99.9 Å². The number of esters is 2. The number of aliphatic hydroxyl groups excluding tert-OH is 2. The van der Waals surface area contributed by atoms with Gasteiger partial charge in [-0.2, -0.15) is 0 Å². The van der Waals surface area contributed by atoms with Gasteiger partial charge in [-0.25, -0.2) is 4.79 Å². The van der Waals surface area contributed by atoms with Crippen molar-refractivity contribution in [2.75, 3.05) is 66.6 Å². The molecule has 4 fully saturated rings. The smallest absolute Gasteiger partial charge is 0.341 e. The number of carboxylic acids is 1. The Kier molecular flexibility index (Phi) is 22.8. The lowest BCUT2D eigenvalue weighted by Crippen LogP contribution is -2.61. The van der Waals surface area contributed by atoms with E-state index in [9.17, 15) is 44.4 Å². The normalized spacial score (nSPS) is 36.5. The largest absolute Gasteiger partial charge is 0.477 e. The summed E-state index contributed by atoms with van der Waals surface area (Å²) in [5, 5.41) is 48.7. The van der Waals surface area contributed by atoms with Crippen LogP contribution in [0.4, 0.5) is 5.69 Å². The van der Waals surface area contributed by atoms with Gasteiger partial charge in [0, 0.05) is 68.6 Å². The average molecular weight is 1170 g/mol. The number of carbonyl (C=O) groups is 4. The molecule has 18 atom stereocenters. The Labute approximate surface area is 480 Å². The van der Waals surface area contributed by atoms with Gasteiger partial charge in [-0.3, -0.25) is 19.2 Å². The molecule has 4 heterocycles. The van der Waals surface area contributed by atoms with Crippen molar-refractivity contribution in [1.29, 1.82) is 0 Å². The first kappa shape index (κ1) is 66.3. The summed E-state index contributed by atoms with van der Waals surface area (Å²) >= 11 is 6.58. The zero-order valence-electron chi connectivity index (χ0n) is 49.6. The first-order chi connectivity index (χ1) is 38.0. The van der Waals surface area contributed by atoms with Gasteiger partial charge < -0.3 is 82.6 Å². The number of aliphatic hydroxyl groups is 3. The standard InChI is InChI=1S/C58H90ClN3O19/c1-15-43-58(10,71)50(67)32(4)46(64)30(2)27-56(8,72-13)51(81-55-48(66)42(61(11)12)24-31(3)76-55)33(5)49(34(6)54(70)78-43)80-45-28-57(9,73-14)52(35(7)77-45)79-44(63)18-20-74-22-23-75-21-19-60-40-25-37-41(26-39(40)59)62(36-16-17-36)29-38(47(37)65)53(68)69/h25-26,29-36,42-43,45,48-52,55,60,66-67,71H,15-24,27-28H2,1-14H3,(H,68,69)/t30-,31-,32+,33+,34-,35+,42+,43-,45+,48-,49+,50-,51-,52+,55+,56-,57-,58-/m1/s1. The number of nitrogens with zero attached hydrogens (tertiary/aromatic N) is 2. The van der Waals surface area contributed by atoms with Crippen molar-refractivity contribution in [2.45, 2.75) is 204 Å². The molecule has 23 heteroatoms. The first-order valence-electron chi connectivity index (χ1n) is 28.5. The van der Waals surface area contributed by atoms with E-state index in [0.29, 0.717) is 29.2 Å². The number of benzene rings is 1. The number of Topliss-reactive ketones (excluding diaryl/α,β-unsaturated/α-hetero) is 1. The van der Waals surface area contributed by atoms with E-state index in [0.717, 1.165) is 12.8 Å². The number of pyridine rings is 1. The quantitative estimate of drug-likeness (QED) is 0.0759. The predicted molar refractivity (Wildman–Crippen MR) is 298 cm³/mol. The zero-order valence-corrected chi connectivity index (χ0v) is 50.4. The van der Waals surface area contributed by atoms with Crippen molar-refractivity contribution in [3.05, 3.63) is 39.1 Å². The number of fused-ring (bicyclic) bond motifs is 1. The summed E-state index contributed by atoms with van der Waals surface area (Å²) in [4.78, 5) is 69.0. The molecule has 458 valence electrons. The maximum atomic E-state index is 14.6. The summed E-state index contributed by atoms with van der Waals surface area (Å²) in [6.07, 6.45) is -6.72. The summed E-state index contributed by atoms with van der Waals surface area (Å²) < 4.78 is 64.4. The number of methoxy groups -OCH3 is 2. The highest BCUT2D eigenvalue weighted by atomic mass is 35.5. The molecule has 6 rings (SSSR count). The summed E-state index contributed by atoms with van der Waals surface area (Å²) in [6.45, 7) is 17.8. The van der Waals surface area contributed by atoms with Crippen molar-refractivity contribution in [3.63, 3.8) is 0 Å². The highest BCUT2D eigenvalue weighted by Crippen LogP contribution is 2.43. The molecule has 1 aliphatic carbocycles. The molecular formula is C58H90ClN3O19. The number of ketones is 1. The number of anilines is 1. The van der Waals surface area contributed by atoms with Crippen LogP contribution in [0, 0.1) is 23.7 Å². The highest BCUT2D eigenvalue weighted by molar-refractivity contribution is 6.34. The summed E-state index contributed by atoms with van der Waals surface area (Å²) in [5.41, 5.74) is -4.40. The molecule has 0 radical (unpaired) electrons. The predicted octanol–water partition coefficient (Wildman–Crippen LogP) is 5.53. The Bertz CT molecular complexity index is 2550. The van der Waals surface area contributed by atoms with Crippen LogP contribution >= 0.6 is 11.6 Å². The minimum atomic E-state index is -2.04. The molecule has 3 aliphatic heterocycles. The molecular weight excluding hydrogens is 1080 g/mol. The Morgan fingerprint density at radius 1 is 0.877 bits per heavy atom. The van der Waals surface area contributed by atoms with Crippen molar-refractivity contribution in [2.24, 2.45) is 23.7 Å². The molecule has 1 saturated carbocycles. The molecule has 1 aromatic carbocycles. The minimum absolute atomic E-state index is 0.0136. The second kappa shape index (κ2) is 27.9. The van der Waals surface area contributed by atoms with E-state index in [4.69, 9.17) is 59.0 Å². The van der Waals surface area contributed by atoms with E-state index < -0.39 is 119 Å². The van der Waals surface area contributed by atoms with Crippen LogP contribution < -0.4 is 10.7 Å². The lowest BCUT2D eigenvalue weighted by atomic mass is 9.74. The summed E-state index contributed by atoms with van der Waals surface area (Å²) in [7, 11) is 6.69. The van der Waals surface area contributed by atoms with Crippen molar-refractivity contribution in [3.8, 4) is 0 Å². The third kappa shape index (κ3) is 15.3. The molecule has 2 aromatic rings. The van der Waals surface area contributed by atoms with Crippen LogP contribution in [0.25, 0.3) is 10.9 Å². The van der Waals surface area contributed by atoms with Crippen LogP contribution in [0.3, 0.4) is 0 Å². The van der Waals surface area contributed by atoms with Crippen LogP contribution in [0.5, 0.6) is 0 Å². The van der Waals surface area contributed by atoms with Crippen LogP contribution in [0.1, 0.15) is 131 Å². The maximum absolute atomic E-state index is 14.6. The number of nitrogens with one attached hydrogen (secondary N) is 1. The third-order valence-electron chi connectivity index (χ3n) is 17.2. The zero-order chi connectivity index (χ0) is 60.1. The van der Waals surface area contributed by atoms with Gasteiger partial charge in [0.2, 0.25) is 5.43 Å². The summed E-state index contributed by atoms with van der Waals surface area (Å²) in [5.74, 6) is -6.75. The monoisotopic (exact) mass is 1170 g/mol. The lowest BCUT2D eigenvalue weighted by molar-refractivity contribution is -0.320. The van der Waals surface area contributed by atoms with Gasteiger partial charge in [-0.15, -0.1) is 0 Å². The van der Waals surface area contributed by atoms with Crippen LogP contribution in [-0.4, -0.2) is 199 Å². The Morgan fingerprint density at radius 3 is 2.12 bits per heavy atom. The van der Waals surface area contributed by atoms with Crippen molar-refractivity contribution < 1.29 is 87.0 Å². The number of cyclic esters (lactones) is 1. The number of carboxylic acid groups (broad SMARTS) is 1. The average Bonchev–Trinajstić information content (AvgIpc) is 4.41. The van der Waals surface area contributed by atoms with E-state index in [1.54, 1.807) is 53.7 Å². The first-order valence-corrected chi connectivity index (χ1v) is 28.8. The van der Waals surface area contributed by atoms with Gasteiger partial charge >= 0.3 is 17.9 Å². The molecule has 5 N–H and O–H groups in total. The Hall–Kier alpha value is -3.88. The number of halogens is 1. The molecule has 0 unspecified atom stereocenters. The number of aromatic nitrogens is 1. The molecule has 0 amide bonds. The fraction of sp³-hybridized carbons (Fsp3) is 0.776. The molecule has 22 nitrogen and oxygen atoms in total. The number of hydrogen-bond acceptors (Lipinski definition) is 20. The lowest BCUT2D eigenvalue weighted by Gasteiger charge is -2.50. The topological polar surface area (TPSA) is 279 Å². The van der Waals surface area contributed by atoms with E-state index in [1.807, 2.05) is 37.4 Å². The van der Waals surface area contributed by atoms with Gasteiger partial charge in [0.15, 0.2) is 18.7 Å². The third-order valence-corrected chi connectivity index (χ3v) is 17.5. The van der Waals surface area contributed by atoms with E-state index >= 15 is 0 Å². The number of rotatable bonds is 21. The van der Waals surface area contributed by atoms with Gasteiger partial charge in [0.05, 0.1) is 91.1 Å². The van der Waals surface area contributed by atoms with E-state index in [-0.39, 0.29) is 87.0 Å². The number of hydrogen-bond donors (Lipinski definition) is 5. The Balaban J connectivity index is 1.11. The Morgan fingerprint density at radius 2 is 1.52 bits per heavy atom. The van der Waals surface area contributed by atoms with Crippen LogP contribution in [-0.2, 0) is 61.8 Å². The van der Waals surface area contributed by atoms with Crippen LogP contribution in [0.2, 0.25) is 5.02 Å². The second-order valence-corrected chi connectivity index (χ2v) is 24.1. The number of likely N-dealkylation sites (N-methyl/N-ethyl adjacent to an activating group) is 1.